The lowest BCUT2D eigenvalue weighted by molar-refractivity contribution is 0.0635. The molecule has 1 unspecified atom stereocenters. The van der Waals surface area contributed by atoms with Crippen molar-refractivity contribution in [1.29, 1.82) is 0 Å². The van der Waals surface area contributed by atoms with Gasteiger partial charge in [0.2, 0.25) is 0 Å². The maximum atomic E-state index is 13.0. The van der Waals surface area contributed by atoms with Gasteiger partial charge in [0.15, 0.2) is 5.78 Å². The molecule has 27 heavy (non-hydrogen) atoms. The van der Waals surface area contributed by atoms with Crippen LogP contribution in [0.1, 0.15) is 33.7 Å². The summed E-state index contributed by atoms with van der Waals surface area (Å²) in [6, 6.07) is 12.8. The molecule has 1 atom stereocenters. The maximum absolute atomic E-state index is 13.0. The molecular weight excluding hydrogens is 340 g/mol. The monoisotopic (exact) mass is 360 g/mol. The number of rotatable bonds is 4. The highest BCUT2D eigenvalue weighted by Crippen LogP contribution is 2.24. The standard InChI is InChI=1S/C21H20N4O2/c26-20(19-8-1-2-9-22-19)17-7-4-10-25(14-17)21(27)16-6-3-5-15(11-16)18-12-23-24-13-18/h1-3,5-6,8-9,11-13,17H,4,7,10,14H2,(H,23,24). The molecule has 4 rings (SSSR count). The van der Waals surface area contributed by atoms with Crippen LogP contribution in [-0.2, 0) is 0 Å². The number of benzene rings is 1. The van der Waals surface area contributed by atoms with E-state index in [1.54, 1.807) is 35.6 Å². The summed E-state index contributed by atoms with van der Waals surface area (Å²) in [5.41, 5.74) is 2.97. The minimum Gasteiger partial charge on any atom is -0.338 e. The first kappa shape index (κ1) is 17.1. The van der Waals surface area contributed by atoms with Crippen molar-refractivity contribution in [2.24, 2.45) is 5.92 Å². The summed E-state index contributed by atoms with van der Waals surface area (Å²) in [6.07, 6.45) is 6.75. The molecule has 1 aliphatic rings. The number of hydrogen-bond acceptors (Lipinski definition) is 4. The second-order valence-electron chi connectivity index (χ2n) is 6.74. The number of pyridine rings is 1. The Hall–Kier alpha value is -3.28. The molecule has 1 fully saturated rings. The van der Waals surface area contributed by atoms with Crippen LogP contribution in [0.2, 0.25) is 0 Å². The van der Waals surface area contributed by atoms with E-state index in [1.807, 2.05) is 30.3 Å². The molecule has 0 bridgehead atoms. The van der Waals surface area contributed by atoms with E-state index in [-0.39, 0.29) is 17.6 Å². The van der Waals surface area contributed by atoms with Crippen LogP contribution in [0, 0.1) is 5.92 Å². The van der Waals surface area contributed by atoms with Gasteiger partial charge in [-0.2, -0.15) is 5.10 Å². The fraction of sp³-hybridized carbons (Fsp3) is 0.238. The Labute approximate surface area is 157 Å². The Morgan fingerprint density at radius 2 is 2.04 bits per heavy atom. The fourth-order valence-corrected chi connectivity index (χ4v) is 3.52. The average Bonchev–Trinajstić information content (AvgIpc) is 3.28. The molecule has 1 aliphatic heterocycles. The van der Waals surface area contributed by atoms with E-state index < -0.39 is 0 Å². The molecule has 1 saturated heterocycles. The molecule has 3 heterocycles. The van der Waals surface area contributed by atoms with Crippen molar-refractivity contribution in [3.8, 4) is 11.1 Å². The lowest BCUT2D eigenvalue weighted by Crippen LogP contribution is -2.42. The smallest absolute Gasteiger partial charge is 0.253 e. The Kier molecular flexibility index (Phi) is 4.78. The van der Waals surface area contributed by atoms with Crippen LogP contribution < -0.4 is 0 Å². The number of nitrogens with one attached hydrogen (secondary N) is 1. The number of carbonyl (C=O) groups is 2. The number of Topliss-reactive ketones (excluding diaryl/α,β-unsaturated/α-hetero) is 1. The van der Waals surface area contributed by atoms with Crippen molar-refractivity contribution in [3.63, 3.8) is 0 Å². The first-order chi connectivity index (χ1) is 13.2. The number of likely N-dealkylation sites (tertiary alicyclic amines) is 1. The summed E-state index contributed by atoms with van der Waals surface area (Å²) in [5.74, 6) is -0.228. The largest absolute Gasteiger partial charge is 0.338 e. The second kappa shape index (κ2) is 7.53. The minimum absolute atomic E-state index is 0.0141. The molecule has 3 aromatic rings. The van der Waals surface area contributed by atoms with Crippen molar-refractivity contribution in [1.82, 2.24) is 20.1 Å². The molecule has 0 spiro atoms. The van der Waals surface area contributed by atoms with Crippen molar-refractivity contribution in [2.75, 3.05) is 13.1 Å². The van der Waals surface area contributed by atoms with Crippen LogP contribution in [0.3, 0.4) is 0 Å². The highest BCUT2D eigenvalue weighted by Gasteiger charge is 2.30. The number of ketones is 1. The number of piperidine rings is 1. The van der Waals surface area contributed by atoms with Gasteiger partial charge in [-0.15, -0.1) is 0 Å². The number of H-pyrrole nitrogens is 1. The minimum atomic E-state index is -0.199. The van der Waals surface area contributed by atoms with Crippen molar-refractivity contribution >= 4 is 11.7 Å². The summed E-state index contributed by atoms with van der Waals surface area (Å²) in [5, 5.41) is 6.74. The third-order valence-electron chi connectivity index (χ3n) is 4.94. The van der Waals surface area contributed by atoms with E-state index in [4.69, 9.17) is 0 Å². The first-order valence-electron chi connectivity index (χ1n) is 9.06. The molecule has 0 radical (unpaired) electrons. The van der Waals surface area contributed by atoms with Gasteiger partial charge in [0.05, 0.1) is 6.20 Å². The maximum Gasteiger partial charge on any atom is 0.253 e. The van der Waals surface area contributed by atoms with Crippen LogP contribution in [0.25, 0.3) is 11.1 Å². The molecule has 6 nitrogen and oxygen atoms in total. The van der Waals surface area contributed by atoms with Gasteiger partial charge in [-0.3, -0.25) is 19.7 Å². The lowest BCUT2D eigenvalue weighted by Gasteiger charge is -2.32. The lowest BCUT2D eigenvalue weighted by atomic mass is 9.91. The van der Waals surface area contributed by atoms with Gasteiger partial charge in [0.25, 0.3) is 5.91 Å². The van der Waals surface area contributed by atoms with Crippen LogP contribution >= 0.6 is 0 Å². The summed E-state index contributed by atoms with van der Waals surface area (Å²) >= 11 is 0. The highest BCUT2D eigenvalue weighted by molar-refractivity contribution is 5.98. The van der Waals surface area contributed by atoms with E-state index in [0.29, 0.717) is 24.3 Å². The van der Waals surface area contributed by atoms with Crippen molar-refractivity contribution in [2.45, 2.75) is 12.8 Å². The highest BCUT2D eigenvalue weighted by atomic mass is 16.2. The zero-order valence-corrected chi connectivity index (χ0v) is 14.8. The third kappa shape index (κ3) is 3.65. The fourth-order valence-electron chi connectivity index (χ4n) is 3.52. The summed E-state index contributed by atoms with van der Waals surface area (Å²) < 4.78 is 0. The number of aromatic nitrogens is 3. The van der Waals surface area contributed by atoms with Crippen molar-refractivity contribution < 1.29 is 9.59 Å². The van der Waals surface area contributed by atoms with Gasteiger partial charge in [-0.05, 0) is 42.7 Å². The second-order valence-corrected chi connectivity index (χ2v) is 6.74. The van der Waals surface area contributed by atoms with E-state index in [2.05, 4.69) is 15.2 Å². The molecular formula is C21H20N4O2. The molecule has 1 aromatic carbocycles. The predicted molar refractivity (Wildman–Crippen MR) is 101 cm³/mol. The SMILES string of the molecule is O=C(c1ccccn1)C1CCCN(C(=O)c2cccc(-c3cn[nH]c3)c2)C1. The van der Waals surface area contributed by atoms with Crippen LogP contribution in [-0.4, -0.2) is 44.9 Å². The summed E-state index contributed by atoms with van der Waals surface area (Å²) in [7, 11) is 0. The van der Waals surface area contributed by atoms with Gasteiger partial charge < -0.3 is 4.90 Å². The first-order valence-corrected chi connectivity index (χ1v) is 9.06. The van der Waals surface area contributed by atoms with Gasteiger partial charge >= 0.3 is 0 Å². The Morgan fingerprint density at radius 1 is 1.11 bits per heavy atom. The van der Waals surface area contributed by atoms with Gasteiger partial charge in [0.1, 0.15) is 5.69 Å². The number of nitrogens with zero attached hydrogens (tertiary/aromatic N) is 3. The quantitative estimate of drug-likeness (QED) is 0.725. The van der Waals surface area contributed by atoms with Gasteiger partial charge in [-0.25, -0.2) is 0 Å². The van der Waals surface area contributed by atoms with Crippen LogP contribution in [0.4, 0.5) is 0 Å². The molecule has 0 aliphatic carbocycles. The molecule has 136 valence electrons. The Morgan fingerprint density at radius 3 is 2.81 bits per heavy atom. The van der Waals surface area contributed by atoms with Crippen LogP contribution in [0.5, 0.6) is 0 Å². The average molecular weight is 360 g/mol. The number of aromatic amines is 1. The molecule has 1 N–H and O–H groups in total. The third-order valence-corrected chi connectivity index (χ3v) is 4.94. The normalized spacial score (nSPS) is 16.9. The van der Waals surface area contributed by atoms with Crippen molar-refractivity contribution in [3.05, 3.63) is 72.3 Å². The van der Waals surface area contributed by atoms with E-state index in [9.17, 15) is 9.59 Å². The zero-order chi connectivity index (χ0) is 18.6. The van der Waals surface area contributed by atoms with Gasteiger partial charge in [0, 0.05) is 42.5 Å². The number of amides is 1. The number of carbonyl (C=O) groups excluding carboxylic acids is 2. The molecule has 0 saturated carbocycles. The van der Waals surface area contributed by atoms with E-state index in [1.165, 1.54) is 0 Å². The predicted octanol–water partition coefficient (Wildman–Crippen LogP) is 3.21. The molecule has 6 heteroatoms. The topological polar surface area (TPSA) is 79.0 Å². The van der Waals surface area contributed by atoms with Gasteiger partial charge in [-0.1, -0.05) is 18.2 Å². The van der Waals surface area contributed by atoms with E-state index >= 15 is 0 Å². The van der Waals surface area contributed by atoms with Crippen LogP contribution in [0.15, 0.2) is 61.1 Å². The molecule has 1 amide bonds. The Balaban J connectivity index is 1.51. The summed E-state index contributed by atoms with van der Waals surface area (Å²) in [4.78, 5) is 31.6. The molecule has 2 aromatic heterocycles. The Bertz CT molecular complexity index is 938. The van der Waals surface area contributed by atoms with E-state index in [0.717, 1.165) is 24.0 Å². The zero-order valence-electron chi connectivity index (χ0n) is 14.8. The summed E-state index contributed by atoms with van der Waals surface area (Å²) in [6.45, 7) is 1.10. The number of hydrogen-bond donors (Lipinski definition) is 1.